The van der Waals surface area contributed by atoms with Crippen molar-refractivity contribution in [1.29, 1.82) is 0 Å². The van der Waals surface area contributed by atoms with Gasteiger partial charge in [0.15, 0.2) is 0 Å². The third-order valence-corrected chi connectivity index (χ3v) is 8.70. The largest absolute Gasteiger partial charge is 0.481 e. The SMILES string of the molecule is CC(C(=O)NC1C(=O)N2C(C(=O)O)=C(C(C)(CC(=O)O)Sc3nn[nH]n3)CS[C@@H]12)C1=CCC=CC1. The van der Waals surface area contributed by atoms with Crippen molar-refractivity contribution in [2.24, 2.45) is 5.92 Å². The zero-order chi connectivity index (χ0) is 25.3. The molecule has 0 aromatic carbocycles. The second-order valence-corrected chi connectivity index (χ2v) is 11.1. The standard InChI is InChI=1S/C21H24N6O6S2/c1-10(11-6-4-3-5-7-11)16(30)22-14-17(31)27-15(19(32)33)12(9-34-18(14)27)21(2,8-13(28)29)35-20-23-25-26-24-20/h3-4,7,10,14,18H,5-6,8-9H2,1-2H3,(H,22,30)(H,28,29)(H,32,33)(H,23,24,25,26)/t10?,14?,18-,21?/m0/s1. The van der Waals surface area contributed by atoms with Crippen LogP contribution in [0, 0.1) is 5.92 Å². The minimum absolute atomic E-state index is 0.152. The lowest BCUT2D eigenvalue weighted by Gasteiger charge is -2.51. The zero-order valence-electron chi connectivity index (χ0n) is 18.9. The van der Waals surface area contributed by atoms with E-state index < -0.39 is 46.3 Å². The minimum Gasteiger partial charge on any atom is -0.481 e. The van der Waals surface area contributed by atoms with Crippen molar-refractivity contribution in [2.75, 3.05) is 5.75 Å². The van der Waals surface area contributed by atoms with Gasteiger partial charge in [-0.05, 0) is 37.5 Å². The summed E-state index contributed by atoms with van der Waals surface area (Å²) in [7, 11) is 0. The molecule has 3 heterocycles. The number of thioether (sulfide) groups is 2. The van der Waals surface area contributed by atoms with Gasteiger partial charge in [-0.15, -0.1) is 22.0 Å². The number of tetrazole rings is 1. The average Bonchev–Trinajstić information content (AvgIpc) is 3.33. The molecule has 35 heavy (non-hydrogen) atoms. The number of aromatic amines is 1. The number of H-pyrrole nitrogens is 1. The maximum absolute atomic E-state index is 13.1. The second-order valence-electron chi connectivity index (χ2n) is 8.54. The van der Waals surface area contributed by atoms with Gasteiger partial charge in [0, 0.05) is 5.75 Å². The number of hydrogen-bond acceptors (Lipinski definition) is 9. The van der Waals surface area contributed by atoms with Crippen molar-refractivity contribution in [3.05, 3.63) is 35.1 Å². The Morgan fingerprint density at radius 1 is 1.37 bits per heavy atom. The lowest BCUT2D eigenvalue weighted by molar-refractivity contribution is -0.151. The first-order valence-corrected chi connectivity index (χ1v) is 12.7. The van der Waals surface area contributed by atoms with E-state index in [4.69, 9.17) is 0 Å². The molecule has 1 fully saturated rings. The molecule has 1 aromatic rings. The first-order valence-electron chi connectivity index (χ1n) is 10.8. The summed E-state index contributed by atoms with van der Waals surface area (Å²) in [5.41, 5.74) is 0.979. The number of amides is 2. The number of hydrogen-bond donors (Lipinski definition) is 4. The van der Waals surface area contributed by atoms with Crippen molar-refractivity contribution >= 4 is 47.3 Å². The van der Waals surface area contributed by atoms with Crippen LogP contribution in [0.4, 0.5) is 0 Å². The molecule has 186 valence electrons. The van der Waals surface area contributed by atoms with Crippen LogP contribution in [0.5, 0.6) is 0 Å². The molecule has 1 aromatic heterocycles. The molecule has 0 saturated carbocycles. The topological polar surface area (TPSA) is 178 Å². The fraction of sp³-hybridized carbons (Fsp3) is 0.476. The van der Waals surface area contributed by atoms with E-state index in [2.05, 4.69) is 25.9 Å². The van der Waals surface area contributed by atoms with Crippen molar-refractivity contribution in [2.45, 2.75) is 54.4 Å². The summed E-state index contributed by atoms with van der Waals surface area (Å²) in [5, 5.41) is 35.3. The number of nitrogens with zero attached hydrogens (tertiary/aromatic N) is 4. The van der Waals surface area contributed by atoms with Crippen LogP contribution in [0.15, 0.2) is 40.2 Å². The second kappa shape index (κ2) is 9.85. The predicted molar refractivity (Wildman–Crippen MR) is 126 cm³/mol. The van der Waals surface area contributed by atoms with Gasteiger partial charge < -0.3 is 15.5 Å². The van der Waals surface area contributed by atoms with Gasteiger partial charge in [0.1, 0.15) is 17.1 Å². The molecular weight excluding hydrogens is 496 g/mol. The summed E-state index contributed by atoms with van der Waals surface area (Å²) in [6, 6.07) is -0.860. The first kappa shape index (κ1) is 25.0. The highest BCUT2D eigenvalue weighted by Gasteiger charge is 2.56. The Bertz CT molecular complexity index is 1150. The van der Waals surface area contributed by atoms with Gasteiger partial charge in [-0.1, -0.05) is 35.6 Å². The third-order valence-electron chi connectivity index (χ3n) is 6.22. The summed E-state index contributed by atoms with van der Waals surface area (Å²) in [6.07, 6.45) is 7.02. The van der Waals surface area contributed by atoms with Crippen LogP contribution in [-0.4, -0.2) is 81.4 Å². The Morgan fingerprint density at radius 3 is 2.74 bits per heavy atom. The van der Waals surface area contributed by atoms with Crippen LogP contribution in [0.2, 0.25) is 0 Å². The molecule has 0 radical (unpaired) electrons. The van der Waals surface area contributed by atoms with Gasteiger partial charge >= 0.3 is 11.9 Å². The summed E-state index contributed by atoms with van der Waals surface area (Å²) in [5.74, 6) is -3.58. The van der Waals surface area contributed by atoms with E-state index in [0.29, 0.717) is 6.42 Å². The number of carboxylic acids is 2. The quantitative estimate of drug-likeness (QED) is 0.209. The molecule has 2 amide bonds. The van der Waals surface area contributed by atoms with Gasteiger partial charge in [-0.3, -0.25) is 19.3 Å². The molecule has 3 unspecified atom stereocenters. The number of nitrogens with one attached hydrogen (secondary N) is 2. The molecule has 1 aliphatic carbocycles. The Labute approximate surface area is 208 Å². The van der Waals surface area contributed by atoms with Crippen LogP contribution >= 0.6 is 23.5 Å². The van der Waals surface area contributed by atoms with Gasteiger partial charge in [-0.25, -0.2) is 4.79 Å². The van der Waals surface area contributed by atoms with Crippen molar-refractivity contribution in [3.8, 4) is 0 Å². The maximum atomic E-state index is 13.1. The van der Waals surface area contributed by atoms with E-state index >= 15 is 0 Å². The van der Waals surface area contributed by atoms with Crippen LogP contribution in [-0.2, 0) is 19.2 Å². The van der Waals surface area contributed by atoms with E-state index in [0.717, 1.165) is 28.7 Å². The van der Waals surface area contributed by atoms with E-state index in [1.165, 1.54) is 11.8 Å². The van der Waals surface area contributed by atoms with E-state index in [-0.39, 0.29) is 28.1 Å². The molecule has 0 bridgehead atoms. The molecule has 4 rings (SSSR count). The summed E-state index contributed by atoms with van der Waals surface area (Å²) < 4.78 is -1.26. The summed E-state index contributed by atoms with van der Waals surface area (Å²) in [4.78, 5) is 51.0. The Hall–Kier alpha value is -3.13. The Balaban J connectivity index is 1.58. The summed E-state index contributed by atoms with van der Waals surface area (Å²) in [6.45, 7) is 3.36. The summed E-state index contributed by atoms with van der Waals surface area (Å²) >= 11 is 2.25. The highest BCUT2D eigenvalue weighted by atomic mass is 32.2. The number of carbonyl (C=O) groups excluding carboxylic acids is 2. The lowest BCUT2D eigenvalue weighted by Crippen LogP contribution is -2.71. The lowest BCUT2D eigenvalue weighted by atomic mass is 9.91. The van der Waals surface area contributed by atoms with E-state index in [9.17, 15) is 29.4 Å². The number of fused-ring (bicyclic) bond motifs is 1. The van der Waals surface area contributed by atoms with Crippen LogP contribution in [0.3, 0.4) is 0 Å². The molecule has 0 spiro atoms. The van der Waals surface area contributed by atoms with Gasteiger partial charge in [-0.2, -0.15) is 5.21 Å². The molecule has 14 heteroatoms. The van der Waals surface area contributed by atoms with Crippen LogP contribution < -0.4 is 5.32 Å². The fourth-order valence-corrected chi connectivity index (χ4v) is 7.01. The monoisotopic (exact) mass is 520 g/mol. The number of β-lactam (4-membered cyclic amide) rings is 1. The number of aliphatic carboxylic acids is 2. The van der Waals surface area contributed by atoms with Crippen molar-refractivity contribution in [3.63, 3.8) is 0 Å². The number of carbonyl (C=O) groups is 4. The molecule has 4 atom stereocenters. The molecule has 12 nitrogen and oxygen atoms in total. The van der Waals surface area contributed by atoms with Crippen molar-refractivity contribution < 1.29 is 29.4 Å². The minimum atomic E-state index is -1.35. The smallest absolute Gasteiger partial charge is 0.352 e. The van der Waals surface area contributed by atoms with Crippen molar-refractivity contribution in [1.82, 2.24) is 30.8 Å². The highest BCUT2D eigenvalue weighted by Crippen LogP contribution is 2.49. The number of rotatable bonds is 9. The van der Waals surface area contributed by atoms with Gasteiger partial charge in [0.25, 0.3) is 5.91 Å². The number of allylic oxidation sites excluding steroid dienone is 3. The Morgan fingerprint density at radius 2 is 2.14 bits per heavy atom. The molecular formula is C21H24N6O6S2. The predicted octanol–water partition coefficient (Wildman–Crippen LogP) is 1.18. The van der Waals surface area contributed by atoms with Crippen LogP contribution in [0.1, 0.15) is 33.1 Å². The third kappa shape index (κ3) is 4.85. The van der Waals surface area contributed by atoms with E-state index in [1.54, 1.807) is 13.8 Å². The normalized spacial score (nSPS) is 24.1. The van der Waals surface area contributed by atoms with E-state index in [1.807, 2.05) is 18.2 Å². The number of aromatic nitrogens is 4. The van der Waals surface area contributed by atoms with Gasteiger partial charge in [0.05, 0.1) is 17.1 Å². The maximum Gasteiger partial charge on any atom is 0.352 e. The van der Waals surface area contributed by atoms with Gasteiger partial charge in [0.2, 0.25) is 11.1 Å². The first-order chi connectivity index (χ1) is 16.6. The van der Waals surface area contributed by atoms with Crippen LogP contribution in [0.25, 0.3) is 0 Å². The zero-order valence-corrected chi connectivity index (χ0v) is 20.6. The molecule has 1 saturated heterocycles. The highest BCUT2D eigenvalue weighted by molar-refractivity contribution is 8.01. The average molecular weight is 521 g/mol. The Kier molecular flexibility index (Phi) is 7.03. The molecule has 4 N–H and O–H groups in total. The molecule has 3 aliphatic rings. The molecule has 2 aliphatic heterocycles. The number of carboxylic acid groups (broad SMARTS) is 2. The fourth-order valence-electron chi connectivity index (χ4n) is 4.33.